The standard InChI is InChI=1S/C17H19NO3/c1-18-7-6-17-13-5-4-11(19)15(17)10(18)8-9-2-3-12(20)16(21-13)14(9)17/h2-3,10,13,15,20H,4-8H2,1H3/t10-,13+,15-,17-/m1/s1. The van der Waals surface area contributed by atoms with E-state index in [0.29, 0.717) is 24.0 Å². The Bertz CT molecular complexity index is 670. The van der Waals surface area contributed by atoms with Crippen LogP contribution in [0.25, 0.3) is 0 Å². The number of Topliss-reactive ketones (excluding diaryl/α,β-unsaturated/α-hetero) is 1. The number of benzene rings is 1. The molecule has 0 unspecified atom stereocenters. The molecule has 2 aliphatic heterocycles. The Morgan fingerprint density at radius 2 is 2.29 bits per heavy atom. The Morgan fingerprint density at radius 3 is 3.14 bits per heavy atom. The molecule has 1 saturated carbocycles. The lowest BCUT2D eigenvalue weighted by Crippen LogP contribution is -2.66. The van der Waals surface area contributed by atoms with Gasteiger partial charge in [-0.15, -0.1) is 0 Å². The second-order valence-corrected chi connectivity index (χ2v) is 7.08. The molecule has 1 spiro atoms. The molecule has 2 aliphatic carbocycles. The van der Waals surface area contributed by atoms with Crippen LogP contribution >= 0.6 is 0 Å². The molecule has 0 radical (unpaired) electrons. The molecule has 1 N–H and O–H groups in total. The lowest BCUT2D eigenvalue weighted by molar-refractivity contribution is -0.139. The first-order chi connectivity index (χ1) is 10.1. The number of piperidine rings is 1. The van der Waals surface area contributed by atoms with Gasteiger partial charge in [-0.25, -0.2) is 0 Å². The molecule has 1 aromatic carbocycles. The average molecular weight is 285 g/mol. The molecule has 4 aliphatic rings. The Morgan fingerprint density at radius 1 is 1.43 bits per heavy atom. The molecule has 1 aromatic rings. The second-order valence-electron chi connectivity index (χ2n) is 7.08. The number of ketones is 1. The predicted molar refractivity (Wildman–Crippen MR) is 76.7 cm³/mol. The zero-order chi connectivity index (χ0) is 14.4. The van der Waals surface area contributed by atoms with Crippen molar-refractivity contribution in [3.05, 3.63) is 23.3 Å². The van der Waals surface area contributed by atoms with Crippen LogP contribution in [0.3, 0.4) is 0 Å². The molecule has 0 aromatic heterocycles. The summed E-state index contributed by atoms with van der Waals surface area (Å²) in [7, 11) is 2.14. The lowest BCUT2D eigenvalue weighted by atomic mass is 9.51. The minimum atomic E-state index is -0.172. The molecular formula is C17H19NO3. The highest BCUT2D eigenvalue weighted by Gasteiger charge is 2.65. The third kappa shape index (κ3) is 1.20. The van der Waals surface area contributed by atoms with E-state index in [0.717, 1.165) is 31.4 Å². The number of rotatable bonds is 0. The predicted octanol–water partition coefficient (Wildman–Crippen LogP) is 1.63. The first-order valence-corrected chi connectivity index (χ1v) is 7.88. The van der Waals surface area contributed by atoms with Crippen LogP contribution in [0, 0.1) is 5.92 Å². The van der Waals surface area contributed by atoms with E-state index in [1.807, 2.05) is 6.07 Å². The van der Waals surface area contributed by atoms with Gasteiger partial charge in [-0.3, -0.25) is 4.79 Å². The number of aromatic hydroxyl groups is 1. The van der Waals surface area contributed by atoms with Gasteiger partial charge >= 0.3 is 0 Å². The van der Waals surface area contributed by atoms with E-state index < -0.39 is 0 Å². The zero-order valence-electron chi connectivity index (χ0n) is 12.1. The summed E-state index contributed by atoms with van der Waals surface area (Å²) in [6.07, 6.45) is 3.33. The number of likely N-dealkylation sites (N-methyl/N-ethyl adjacent to an activating group) is 1. The normalized spacial score (nSPS) is 39.9. The van der Waals surface area contributed by atoms with Crippen molar-refractivity contribution in [3.8, 4) is 11.5 Å². The minimum Gasteiger partial charge on any atom is -0.504 e. The zero-order valence-corrected chi connectivity index (χ0v) is 12.1. The van der Waals surface area contributed by atoms with Crippen LogP contribution in [0.1, 0.15) is 30.4 Å². The fourth-order valence-corrected chi connectivity index (χ4v) is 5.49. The van der Waals surface area contributed by atoms with E-state index in [4.69, 9.17) is 4.74 Å². The summed E-state index contributed by atoms with van der Waals surface area (Å²) in [5.74, 6) is 1.35. The van der Waals surface area contributed by atoms with E-state index in [9.17, 15) is 9.90 Å². The molecule has 1 saturated heterocycles. The van der Waals surface area contributed by atoms with Crippen molar-refractivity contribution in [2.24, 2.45) is 5.92 Å². The number of ether oxygens (including phenoxy) is 1. The SMILES string of the molecule is CN1CC[C@]23c4c5ccc(O)c4O[C@H]2CCC(=O)[C@H]3[C@H]1C5. The molecule has 21 heavy (non-hydrogen) atoms. The van der Waals surface area contributed by atoms with Crippen LogP contribution < -0.4 is 4.74 Å². The van der Waals surface area contributed by atoms with Crippen LogP contribution in [0.2, 0.25) is 0 Å². The van der Waals surface area contributed by atoms with E-state index >= 15 is 0 Å². The summed E-state index contributed by atoms with van der Waals surface area (Å²) in [5.41, 5.74) is 2.26. The van der Waals surface area contributed by atoms with Gasteiger partial charge in [0, 0.05) is 29.4 Å². The van der Waals surface area contributed by atoms with Gasteiger partial charge in [-0.2, -0.15) is 0 Å². The van der Waals surface area contributed by atoms with Gasteiger partial charge in [0.25, 0.3) is 0 Å². The van der Waals surface area contributed by atoms with Crippen LogP contribution in [0.5, 0.6) is 11.5 Å². The molecule has 4 heteroatoms. The Labute approximate surface area is 123 Å². The van der Waals surface area contributed by atoms with E-state index in [1.54, 1.807) is 6.07 Å². The monoisotopic (exact) mass is 285 g/mol. The van der Waals surface area contributed by atoms with Crippen molar-refractivity contribution in [3.63, 3.8) is 0 Å². The highest BCUT2D eigenvalue weighted by Crippen LogP contribution is 2.62. The van der Waals surface area contributed by atoms with Gasteiger partial charge in [-0.1, -0.05) is 6.07 Å². The Hall–Kier alpha value is -1.55. The molecule has 2 fully saturated rings. The van der Waals surface area contributed by atoms with Crippen LogP contribution in [0.4, 0.5) is 0 Å². The summed E-state index contributed by atoms with van der Waals surface area (Å²) in [5, 5.41) is 10.2. The summed E-state index contributed by atoms with van der Waals surface area (Å²) in [6.45, 7) is 1.00. The lowest BCUT2D eigenvalue weighted by Gasteiger charge is -2.56. The van der Waals surface area contributed by atoms with Crippen LogP contribution in [0.15, 0.2) is 12.1 Å². The smallest absolute Gasteiger partial charge is 0.165 e. The van der Waals surface area contributed by atoms with Gasteiger partial charge in [0.1, 0.15) is 11.9 Å². The molecule has 4 nitrogen and oxygen atoms in total. The van der Waals surface area contributed by atoms with Gasteiger partial charge in [-0.05, 0) is 44.5 Å². The Balaban J connectivity index is 1.84. The van der Waals surface area contributed by atoms with Gasteiger partial charge in [0.05, 0.1) is 0 Å². The van der Waals surface area contributed by atoms with Gasteiger partial charge < -0.3 is 14.7 Å². The molecule has 4 atom stereocenters. The fraction of sp³-hybridized carbons (Fsp3) is 0.588. The summed E-state index contributed by atoms with van der Waals surface area (Å²) in [6, 6.07) is 4.07. The summed E-state index contributed by atoms with van der Waals surface area (Å²) >= 11 is 0. The Kier molecular flexibility index (Phi) is 2.07. The molecule has 2 heterocycles. The number of hydrogen-bond acceptors (Lipinski definition) is 4. The van der Waals surface area contributed by atoms with Crippen molar-refractivity contribution in [2.75, 3.05) is 13.6 Å². The second kappa shape index (κ2) is 3.61. The van der Waals surface area contributed by atoms with Gasteiger partial charge in [0.15, 0.2) is 11.5 Å². The van der Waals surface area contributed by atoms with Gasteiger partial charge in [0.2, 0.25) is 0 Å². The summed E-state index contributed by atoms with van der Waals surface area (Å²) in [4.78, 5) is 15.1. The van der Waals surface area contributed by atoms with E-state index in [1.165, 1.54) is 5.56 Å². The maximum atomic E-state index is 12.7. The van der Waals surface area contributed by atoms with Crippen LogP contribution in [-0.4, -0.2) is 41.5 Å². The molecule has 5 rings (SSSR count). The van der Waals surface area contributed by atoms with E-state index in [-0.39, 0.29) is 23.2 Å². The third-order valence-electron chi connectivity index (χ3n) is 6.34. The maximum absolute atomic E-state index is 12.7. The number of likely N-dealkylation sites (tertiary alicyclic amines) is 1. The van der Waals surface area contributed by atoms with Crippen molar-refractivity contribution in [1.29, 1.82) is 0 Å². The number of phenols is 1. The molecule has 2 bridgehead atoms. The molecule has 0 amide bonds. The quantitative estimate of drug-likeness (QED) is 0.787. The number of phenolic OH excluding ortho intramolecular Hbond substituents is 1. The number of nitrogens with zero attached hydrogens (tertiary/aromatic N) is 1. The van der Waals surface area contributed by atoms with Crippen molar-refractivity contribution < 1.29 is 14.6 Å². The third-order valence-corrected chi connectivity index (χ3v) is 6.34. The topological polar surface area (TPSA) is 49.8 Å². The summed E-state index contributed by atoms with van der Waals surface area (Å²) < 4.78 is 6.17. The fourth-order valence-electron chi connectivity index (χ4n) is 5.49. The minimum absolute atomic E-state index is 0.0468. The number of carbonyl (C=O) groups excluding carboxylic acids is 1. The van der Waals surface area contributed by atoms with Crippen molar-refractivity contribution in [2.45, 2.75) is 43.2 Å². The number of hydrogen-bond donors (Lipinski definition) is 1. The highest BCUT2D eigenvalue weighted by atomic mass is 16.5. The first kappa shape index (κ1) is 12.0. The first-order valence-electron chi connectivity index (χ1n) is 7.88. The maximum Gasteiger partial charge on any atom is 0.165 e. The number of carbonyl (C=O) groups is 1. The average Bonchev–Trinajstić information content (AvgIpc) is 2.81. The van der Waals surface area contributed by atoms with Crippen molar-refractivity contribution >= 4 is 5.78 Å². The van der Waals surface area contributed by atoms with E-state index in [2.05, 4.69) is 11.9 Å². The van der Waals surface area contributed by atoms with Crippen molar-refractivity contribution in [1.82, 2.24) is 4.90 Å². The molecule has 110 valence electrons. The van der Waals surface area contributed by atoms with Crippen LogP contribution in [-0.2, 0) is 16.6 Å². The highest BCUT2D eigenvalue weighted by molar-refractivity contribution is 5.87. The largest absolute Gasteiger partial charge is 0.504 e. The molecular weight excluding hydrogens is 266 g/mol.